The Kier molecular flexibility index (Phi) is 7.11. The number of aliphatic hydroxyl groups is 1. The summed E-state index contributed by atoms with van der Waals surface area (Å²) in [4.78, 5) is 0.626. The molecule has 0 fully saturated rings. The van der Waals surface area contributed by atoms with E-state index in [-0.39, 0.29) is 5.56 Å². The topological polar surface area (TPSA) is 32.7 Å². The second-order valence-electron chi connectivity index (χ2n) is 6.15. The largest absolute Gasteiger partial charge is 0.461 e. The summed E-state index contributed by atoms with van der Waals surface area (Å²) in [6, 6.07) is 5.98. The van der Waals surface area contributed by atoms with Gasteiger partial charge in [-0.2, -0.15) is 30.7 Å². The predicted octanol–water partition coefficient (Wildman–Crippen LogP) is 5.13. The smallest absolute Gasteiger partial charge is 0.428 e. The van der Waals surface area contributed by atoms with E-state index >= 15 is 0 Å². The molecule has 0 amide bonds. The maximum absolute atomic E-state index is 14.1. The van der Waals surface area contributed by atoms with Crippen LogP contribution in [-0.2, 0) is 6.54 Å². The van der Waals surface area contributed by atoms with Crippen LogP contribution in [0, 0.1) is 11.6 Å². The van der Waals surface area contributed by atoms with Crippen LogP contribution in [0.15, 0.2) is 42.5 Å². The molecule has 0 aliphatic heterocycles. The van der Waals surface area contributed by atoms with Crippen molar-refractivity contribution in [3.05, 3.63) is 59.7 Å². The quantitative estimate of drug-likeness (QED) is 0.570. The highest BCUT2D eigenvalue weighted by atomic mass is 19.4. The Morgan fingerprint density at radius 3 is 2.23 bits per heavy atom. The number of hydrogen-bond acceptors (Lipinski definition) is 3. The van der Waals surface area contributed by atoms with Crippen molar-refractivity contribution >= 4 is 5.69 Å². The first-order valence-corrected chi connectivity index (χ1v) is 8.18. The third kappa shape index (κ3) is 6.18. The zero-order chi connectivity index (χ0) is 22.7. The van der Waals surface area contributed by atoms with Gasteiger partial charge in [-0.05, 0) is 29.8 Å². The summed E-state index contributed by atoms with van der Waals surface area (Å²) in [6.45, 7) is -1.84. The molecule has 0 bridgehead atoms. The number of nitrogens with zero attached hydrogens (tertiary/aromatic N) is 1. The van der Waals surface area contributed by atoms with Gasteiger partial charge in [0.15, 0.2) is 6.10 Å². The maximum Gasteiger partial charge on any atom is 0.461 e. The van der Waals surface area contributed by atoms with Crippen molar-refractivity contribution < 1.29 is 49.4 Å². The number of rotatable bonds is 8. The van der Waals surface area contributed by atoms with Gasteiger partial charge in [-0.3, -0.25) is 0 Å². The summed E-state index contributed by atoms with van der Waals surface area (Å²) < 4.78 is 120. The molecule has 0 aliphatic carbocycles. The number of hydrogen-bond donors (Lipinski definition) is 1. The Balaban J connectivity index is 2.34. The number of anilines is 1. The second kappa shape index (κ2) is 9.02. The lowest BCUT2D eigenvalue weighted by Crippen LogP contribution is -2.41. The second-order valence-corrected chi connectivity index (χ2v) is 6.15. The summed E-state index contributed by atoms with van der Waals surface area (Å²) >= 11 is 0. The van der Waals surface area contributed by atoms with Gasteiger partial charge in [0.25, 0.3) is 0 Å². The molecular weight excluding hydrogens is 433 g/mol. The van der Waals surface area contributed by atoms with E-state index in [4.69, 9.17) is 0 Å². The molecule has 1 N–H and O–H groups in total. The average molecular weight is 447 g/mol. The fraction of sp³-hybridized carbons (Fsp3) is 0.333. The number of ether oxygens (including phenoxy) is 1. The molecule has 0 aliphatic rings. The molecule has 0 aromatic heterocycles. The molecular formula is C18H14F9NO2. The number of alkyl halides is 7. The first-order valence-electron chi connectivity index (χ1n) is 8.18. The molecule has 0 saturated carbocycles. The Hall–Kier alpha value is -2.63. The Labute approximate surface area is 164 Å². The zero-order valence-corrected chi connectivity index (χ0v) is 14.8. The minimum atomic E-state index is -5.08. The first kappa shape index (κ1) is 23.6. The van der Waals surface area contributed by atoms with Gasteiger partial charge in [0.1, 0.15) is 17.4 Å². The van der Waals surface area contributed by atoms with E-state index in [1.54, 1.807) is 0 Å². The van der Waals surface area contributed by atoms with E-state index < -0.39 is 61.0 Å². The minimum absolute atomic E-state index is 0.0596. The summed E-state index contributed by atoms with van der Waals surface area (Å²) in [7, 11) is 0. The van der Waals surface area contributed by atoms with E-state index in [1.807, 2.05) is 0 Å². The molecule has 2 rings (SSSR count). The van der Waals surface area contributed by atoms with Crippen LogP contribution in [0.4, 0.5) is 45.2 Å². The Morgan fingerprint density at radius 2 is 1.63 bits per heavy atom. The lowest BCUT2D eigenvalue weighted by Gasteiger charge is -2.29. The molecule has 0 saturated heterocycles. The van der Waals surface area contributed by atoms with Crippen molar-refractivity contribution in [2.24, 2.45) is 0 Å². The highest BCUT2D eigenvalue weighted by Crippen LogP contribution is 2.30. The normalized spacial score (nSPS) is 13.4. The summed E-state index contributed by atoms with van der Waals surface area (Å²) in [5.41, 5.74) is -0.696. The van der Waals surface area contributed by atoms with Gasteiger partial charge in [-0.1, -0.05) is 12.1 Å². The molecule has 2 aromatic carbocycles. The summed E-state index contributed by atoms with van der Waals surface area (Å²) in [5, 5.41) is 9.33. The van der Waals surface area contributed by atoms with Crippen molar-refractivity contribution in [1.82, 2.24) is 0 Å². The van der Waals surface area contributed by atoms with Crippen LogP contribution in [-0.4, -0.2) is 36.5 Å². The third-order valence-electron chi connectivity index (χ3n) is 3.80. The number of aliphatic hydroxyl groups excluding tert-OH is 1. The van der Waals surface area contributed by atoms with E-state index in [2.05, 4.69) is 4.74 Å². The molecule has 2 aromatic rings. The van der Waals surface area contributed by atoms with Crippen molar-refractivity contribution in [2.45, 2.75) is 31.4 Å². The van der Waals surface area contributed by atoms with Crippen LogP contribution in [0.5, 0.6) is 5.75 Å². The van der Waals surface area contributed by atoms with Gasteiger partial charge >= 0.3 is 18.7 Å². The first-order chi connectivity index (χ1) is 13.8. The molecule has 1 atom stereocenters. The molecule has 3 nitrogen and oxygen atoms in total. The fourth-order valence-electron chi connectivity index (χ4n) is 2.42. The number of benzene rings is 2. The van der Waals surface area contributed by atoms with Gasteiger partial charge in [0, 0.05) is 12.6 Å². The van der Waals surface area contributed by atoms with E-state index in [0.29, 0.717) is 17.0 Å². The van der Waals surface area contributed by atoms with Crippen LogP contribution in [0.25, 0.3) is 0 Å². The standard InChI is InChI=1S/C18H14F9NO2/c19-11-4-5-13(20)14(7-11)28(9-15(29)17(23,24)25)8-10-2-1-3-12(6-10)30-18(26,27)16(21)22/h1-7,15-16,29H,8-9H2. The zero-order valence-electron chi connectivity index (χ0n) is 14.8. The Morgan fingerprint density at radius 1 is 0.967 bits per heavy atom. The Bertz CT molecular complexity index is 858. The fourth-order valence-corrected chi connectivity index (χ4v) is 2.42. The highest BCUT2D eigenvalue weighted by molar-refractivity contribution is 5.49. The summed E-state index contributed by atoms with van der Waals surface area (Å²) in [6.07, 6.45) is -17.0. The molecule has 166 valence electrons. The maximum atomic E-state index is 14.1. The van der Waals surface area contributed by atoms with Gasteiger partial charge in [-0.15, -0.1) is 0 Å². The van der Waals surface area contributed by atoms with Crippen molar-refractivity contribution in [3.63, 3.8) is 0 Å². The van der Waals surface area contributed by atoms with Gasteiger partial charge in [0.05, 0.1) is 12.2 Å². The third-order valence-corrected chi connectivity index (χ3v) is 3.80. The average Bonchev–Trinajstić information content (AvgIpc) is 2.62. The molecule has 0 heterocycles. The van der Waals surface area contributed by atoms with Crippen molar-refractivity contribution in [2.75, 3.05) is 11.4 Å². The van der Waals surface area contributed by atoms with Crippen molar-refractivity contribution in [1.29, 1.82) is 0 Å². The molecule has 1 unspecified atom stereocenters. The van der Waals surface area contributed by atoms with Gasteiger partial charge in [-0.25, -0.2) is 8.78 Å². The van der Waals surface area contributed by atoms with Crippen LogP contribution in [0.3, 0.4) is 0 Å². The van der Waals surface area contributed by atoms with Gasteiger partial charge < -0.3 is 14.7 Å². The molecule has 0 spiro atoms. The van der Waals surface area contributed by atoms with Gasteiger partial charge in [0.2, 0.25) is 0 Å². The van der Waals surface area contributed by atoms with E-state index in [0.717, 1.165) is 24.3 Å². The summed E-state index contributed by atoms with van der Waals surface area (Å²) in [5.74, 6) is -2.82. The molecule has 12 heteroatoms. The monoisotopic (exact) mass is 447 g/mol. The van der Waals surface area contributed by atoms with Crippen LogP contribution in [0.1, 0.15) is 5.56 Å². The number of halogens is 9. The highest BCUT2D eigenvalue weighted by Gasteiger charge is 2.44. The van der Waals surface area contributed by atoms with E-state index in [9.17, 15) is 44.6 Å². The van der Waals surface area contributed by atoms with Crippen LogP contribution in [0.2, 0.25) is 0 Å². The lowest BCUT2D eigenvalue weighted by molar-refractivity contribution is -0.253. The SMILES string of the molecule is OC(CN(Cc1cccc(OC(F)(F)C(F)F)c1)c1cc(F)ccc1F)C(F)(F)F. The van der Waals surface area contributed by atoms with Crippen LogP contribution < -0.4 is 9.64 Å². The minimum Gasteiger partial charge on any atom is -0.428 e. The van der Waals surface area contributed by atoms with Crippen LogP contribution >= 0.6 is 0 Å². The van der Waals surface area contributed by atoms with Crippen molar-refractivity contribution in [3.8, 4) is 5.75 Å². The predicted molar refractivity (Wildman–Crippen MR) is 87.5 cm³/mol. The molecule has 0 radical (unpaired) electrons. The molecule has 30 heavy (non-hydrogen) atoms. The lowest BCUT2D eigenvalue weighted by atomic mass is 10.1. The van der Waals surface area contributed by atoms with E-state index in [1.165, 1.54) is 6.07 Å².